The maximum absolute atomic E-state index is 12.1. The van der Waals surface area contributed by atoms with Crippen LogP contribution in [0.1, 0.15) is 19.6 Å². The highest BCUT2D eigenvalue weighted by Gasteiger charge is 2.18. The molecule has 0 aromatic carbocycles. The summed E-state index contributed by atoms with van der Waals surface area (Å²) in [6, 6.07) is -3.84. The molecule has 0 radical (unpaired) electrons. The molecule has 0 rings (SSSR count). The van der Waals surface area contributed by atoms with Gasteiger partial charge in [-0.15, -0.1) is 0 Å². The summed E-state index contributed by atoms with van der Waals surface area (Å²) >= 11 is 0. The number of amides is 1. The van der Waals surface area contributed by atoms with Gasteiger partial charge in [0.2, 0.25) is 0 Å². The molecular formula is C5H10N30O3. The molecular weight excluding hydrogens is 528 g/mol. The van der Waals surface area contributed by atoms with Crippen LogP contribution < -0.4 is 11.7 Å². The van der Waals surface area contributed by atoms with Gasteiger partial charge >= 0.3 is 5.97 Å². The molecule has 5 N–H and O–H groups in total. The lowest BCUT2D eigenvalue weighted by Gasteiger charge is -2.01. The summed E-state index contributed by atoms with van der Waals surface area (Å²) in [5.41, 5.74) is 0. The molecule has 0 bridgehead atoms. The van der Waals surface area contributed by atoms with Crippen LogP contribution in [0.3, 0.4) is 0 Å². The van der Waals surface area contributed by atoms with Crippen molar-refractivity contribution in [2.75, 3.05) is 0 Å². The lowest BCUT2D eigenvalue weighted by Crippen LogP contribution is -2.18. The first-order valence-electron chi connectivity index (χ1n) is 10.3. The van der Waals surface area contributed by atoms with Crippen molar-refractivity contribution in [3.05, 3.63) is 0 Å². The zero-order valence-corrected chi connectivity index (χ0v) is 17.4. The summed E-state index contributed by atoms with van der Waals surface area (Å²) in [6.07, 6.45) is -7.86. The van der Waals surface area contributed by atoms with Crippen molar-refractivity contribution < 1.29 is 21.5 Å². The van der Waals surface area contributed by atoms with E-state index in [1.807, 2.05) is 0 Å². The van der Waals surface area contributed by atoms with Gasteiger partial charge in [0.15, 0.2) is 6.02 Å². The molecule has 0 saturated carbocycles. The lowest BCUT2D eigenvalue weighted by molar-refractivity contribution is -0.138. The fraction of sp³-hybridized carbons (Fsp3) is 0.600. The first-order valence-corrected chi connectivity index (χ1v) is 7.80. The van der Waals surface area contributed by atoms with Crippen molar-refractivity contribution >= 4 is 11.9 Å². The second kappa shape index (κ2) is 24.8. The molecule has 33 nitrogen and oxygen atoms in total. The van der Waals surface area contributed by atoms with Crippen LogP contribution in [0.4, 0.5) is 0 Å². The highest BCUT2D eigenvalue weighted by Crippen LogP contribution is 2.06. The van der Waals surface area contributed by atoms with E-state index < -0.39 is 30.6 Å². The minimum absolute atomic E-state index is 2.06. The molecule has 1 unspecified atom stereocenters. The fourth-order valence-corrected chi connectivity index (χ4v) is 0.788. The average Bonchev–Trinajstić information content (AvgIpc) is 2.97. The molecule has 0 heterocycles. The van der Waals surface area contributed by atoms with E-state index in [1.54, 1.807) is 0 Å². The first kappa shape index (κ1) is 22.9. The van der Waals surface area contributed by atoms with Crippen molar-refractivity contribution in [3.8, 4) is 0 Å². The number of rotatable bonds is 17. The Labute approximate surface area is 211 Å². The summed E-state index contributed by atoms with van der Waals surface area (Å²) in [7, 11) is 0. The SMILES string of the molecule is [2H]C([2H])(C(=O)\N=N/N=N/N=N/N=N/N=N/N=N/N=N/N)C([2H])([2H])C([2H])(\N=N/N=N/N=N/N=N/N=N/N=N/N=N/N)C(=O)O. The Balaban J connectivity index is 5.31. The monoisotopic (exact) mass is 543 g/mol. The highest BCUT2D eigenvalue weighted by molar-refractivity contribution is 5.78. The molecule has 0 saturated heterocycles. The number of carboxylic acids is 1. The predicted molar refractivity (Wildman–Crippen MR) is 102 cm³/mol. The molecule has 1 amide bonds. The Kier molecular flexibility index (Phi) is 14.9. The van der Waals surface area contributed by atoms with E-state index in [1.165, 1.54) is 0 Å². The smallest absolute Gasteiger partial charge is 0.330 e. The third-order valence-electron chi connectivity index (χ3n) is 1.75. The van der Waals surface area contributed by atoms with Gasteiger partial charge in [0, 0.05) is 11.9 Å². The minimum atomic E-state index is -3.98. The maximum atomic E-state index is 12.1. The van der Waals surface area contributed by atoms with Crippen LogP contribution >= 0.6 is 0 Å². The summed E-state index contributed by atoms with van der Waals surface area (Å²) < 4.78 is 38.7. The lowest BCUT2D eigenvalue weighted by atomic mass is 10.1. The van der Waals surface area contributed by atoms with Gasteiger partial charge in [0.25, 0.3) is 5.91 Å². The van der Waals surface area contributed by atoms with Gasteiger partial charge in [-0.3, -0.25) is 4.79 Å². The van der Waals surface area contributed by atoms with Crippen LogP contribution in [-0.2, 0) is 9.59 Å². The predicted octanol–water partition coefficient (Wildman–Crippen LogP) is 3.80. The molecule has 38 heavy (non-hydrogen) atoms. The van der Waals surface area contributed by atoms with E-state index in [-0.39, 0.29) is 0 Å². The van der Waals surface area contributed by atoms with Crippen LogP contribution in [0.25, 0.3) is 0 Å². The van der Waals surface area contributed by atoms with E-state index in [0.717, 1.165) is 0 Å². The van der Waals surface area contributed by atoms with Crippen molar-refractivity contribution in [1.82, 2.24) is 0 Å². The van der Waals surface area contributed by atoms with E-state index in [2.05, 4.69) is 158 Å². The second-order valence-corrected chi connectivity index (χ2v) is 3.79. The van der Waals surface area contributed by atoms with Crippen LogP contribution in [0.5, 0.6) is 0 Å². The van der Waals surface area contributed by atoms with Gasteiger partial charge in [0.05, 0.1) is 1.37 Å². The number of hydrogen-bond acceptors (Lipinski definition) is 5. The standard InChI is InChI=1S/C5H10N30O3/c6-10-14-18-22-26-30-34-32-28-24-20-16-12-8-3(5(37)38)1-2-4(36)9-13-17-21-25-29-33-35-31-27-23-19-15-11-7/h3H,1-2H2,(H,37,38)(H2,6,8,14,16,22,24,30,32)(H2,7,9,15,17,23,25,31,33,36)/i1D2,2D2,3D. The molecule has 33 heteroatoms. The summed E-state index contributed by atoms with van der Waals surface area (Å²) in [5, 5.41) is 88.7. The number of carbonyl (C=O) groups excluding carboxylic acids is 1. The highest BCUT2D eigenvalue weighted by atomic mass is 16.4. The van der Waals surface area contributed by atoms with Gasteiger partial charge in [-0.1, -0.05) is 15.6 Å². The number of nitrogens with zero attached hydrogens (tertiary/aromatic N) is 28. The molecule has 0 aromatic rings. The molecule has 0 aliphatic heterocycles. The van der Waals surface area contributed by atoms with Gasteiger partial charge in [-0.2, -0.15) is 5.11 Å². The van der Waals surface area contributed by atoms with Crippen molar-refractivity contribution in [3.63, 3.8) is 0 Å². The molecule has 0 spiro atoms. The topological polar surface area (TPSA) is 452 Å². The second-order valence-electron chi connectivity index (χ2n) is 3.79. The van der Waals surface area contributed by atoms with E-state index >= 15 is 0 Å². The van der Waals surface area contributed by atoms with Crippen LogP contribution in [0.15, 0.2) is 146 Å². The van der Waals surface area contributed by atoms with Gasteiger partial charge in [-0.05, 0) is 132 Å². The Morgan fingerprint density at radius 2 is 0.895 bits per heavy atom. The molecule has 0 aliphatic rings. The van der Waals surface area contributed by atoms with E-state index in [4.69, 9.17) is 6.85 Å². The Bertz CT molecular complexity index is 1310. The maximum Gasteiger partial charge on any atom is 0.330 e. The van der Waals surface area contributed by atoms with Crippen molar-refractivity contribution in [1.29, 1.82) is 0 Å². The Hall–Kier alpha value is -6.86. The number of hydrogen-bond donors (Lipinski definition) is 3. The number of carboxylic acid groups (broad SMARTS) is 1. The Morgan fingerprint density at radius 1 is 0.579 bits per heavy atom. The zero-order valence-electron chi connectivity index (χ0n) is 22.4. The number of nitrogens with two attached hydrogens (primary N) is 2. The largest absolute Gasteiger partial charge is 0.480 e. The fourth-order valence-electron chi connectivity index (χ4n) is 0.788. The summed E-state index contributed by atoms with van der Waals surface area (Å²) in [4.78, 5) is 23.6. The van der Waals surface area contributed by atoms with E-state index in [9.17, 15) is 14.7 Å². The van der Waals surface area contributed by atoms with Crippen molar-refractivity contribution in [2.45, 2.75) is 18.8 Å². The van der Waals surface area contributed by atoms with E-state index in [0.29, 0.717) is 0 Å². The van der Waals surface area contributed by atoms with Crippen LogP contribution in [0, 0.1) is 0 Å². The minimum Gasteiger partial charge on any atom is -0.480 e. The number of carbonyl (C=O) groups is 2. The average molecular weight is 543 g/mol. The third-order valence-corrected chi connectivity index (χ3v) is 1.75. The van der Waals surface area contributed by atoms with Gasteiger partial charge in [-0.25, -0.2) is 4.79 Å². The molecule has 0 aromatic heterocycles. The molecule has 198 valence electrons. The molecule has 0 fully saturated rings. The van der Waals surface area contributed by atoms with Gasteiger partial charge in [0.1, 0.15) is 0 Å². The van der Waals surface area contributed by atoms with Gasteiger partial charge < -0.3 is 16.8 Å². The summed E-state index contributed by atoms with van der Waals surface area (Å²) in [5.74, 6) is 4.74. The van der Waals surface area contributed by atoms with Crippen LogP contribution in [-0.4, -0.2) is 23.0 Å². The third kappa shape index (κ3) is 22.3. The quantitative estimate of drug-likeness (QED) is 0.139. The Morgan fingerprint density at radius 3 is 1.24 bits per heavy atom. The zero-order chi connectivity index (χ0) is 32.5. The molecule has 1 atom stereocenters. The number of aliphatic carboxylic acids is 1. The summed E-state index contributed by atoms with van der Waals surface area (Å²) in [6.45, 7) is 0. The van der Waals surface area contributed by atoms with Crippen molar-refractivity contribution in [2.24, 2.45) is 158 Å². The first-order chi connectivity index (χ1) is 20.5. The molecule has 0 aliphatic carbocycles. The normalized spacial score (nSPS) is 18.6. The van der Waals surface area contributed by atoms with Crippen LogP contribution in [0.2, 0.25) is 0 Å².